The first kappa shape index (κ1) is 15.6. The molecular formula is C17H13ClN2O2S. The van der Waals surface area contributed by atoms with Gasteiger partial charge in [-0.05, 0) is 42.1 Å². The highest BCUT2D eigenvalue weighted by atomic mass is 35.5. The predicted octanol–water partition coefficient (Wildman–Crippen LogP) is 4.24. The molecule has 2 aromatic carbocycles. The Morgan fingerprint density at radius 1 is 1.22 bits per heavy atom. The molecule has 0 unspecified atom stereocenters. The van der Waals surface area contributed by atoms with Crippen LogP contribution in [0.5, 0.6) is 5.75 Å². The zero-order chi connectivity index (χ0) is 16.2. The molecule has 1 saturated heterocycles. The lowest BCUT2D eigenvalue weighted by Crippen LogP contribution is -2.19. The molecule has 0 spiro atoms. The number of methoxy groups -OCH3 is 1. The number of amides is 1. The third-order valence-corrected chi connectivity index (χ3v) is 4.26. The van der Waals surface area contributed by atoms with Crippen LogP contribution in [0.15, 0.2) is 58.4 Å². The Morgan fingerprint density at radius 2 is 2.04 bits per heavy atom. The normalized spacial score (nSPS) is 17.6. The second-order valence-electron chi connectivity index (χ2n) is 4.70. The fraction of sp³-hybridized carbons (Fsp3) is 0.0588. The summed E-state index contributed by atoms with van der Waals surface area (Å²) in [6.45, 7) is 0. The van der Waals surface area contributed by atoms with Gasteiger partial charge in [-0.15, -0.1) is 0 Å². The summed E-state index contributed by atoms with van der Waals surface area (Å²) >= 11 is 7.22. The molecule has 0 aliphatic carbocycles. The number of ether oxygens (including phenoxy) is 1. The van der Waals surface area contributed by atoms with Gasteiger partial charge in [0, 0.05) is 10.6 Å². The van der Waals surface area contributed by atoms with E-state index in [1.54, 1.807) is 25.3 Å². The van der Waals surface area contributed by atoms with Gasteiger partial charge in [0.25, 0.3) is 5.91 Å². The number of carbonyl (C=O) groups excluding carboxylic acids is 1. The molecule has 1 aliphatic heterocycles. The van der Waals surface area contributed by atoms with E-state index in [0.29, 0.717) is 26.5 Å². The molecule has 0 aromatic heterocycles. The summed E-state index contributed by atoms with van der Waals surface area (Å²) in [4.78, 5) is 17.1. The number of halogens is 1. The predicted molar refractivity (Wildman–Crippen MR) is 95.3 cm³/mol. The summed E-state index contributed by atoms with van der Waals surface area (Å²) < 4.78 is 5.30. The Labute approximate surface area is 143 Å². The molecule has 1 heterocycles. The number of para-hydroxylation sites is 1. The maximum atomic E-state index is 12.1. The average molecular weight is 345 g/mol. The van der Waals surface area contributed by atoms with E-state index >= 15 is 0 Å². The quantitative estimate of drug-likeness (QED) is 0.847. The lowest BCUT2D eigenvalue weighted by Gasteiger charge is -2.03. The minimum atomic E-state index is -0.179. The number of nitrogens with one attached hydrogen (secondary N) is 1. The van der Waals surface area contributed by atoms with Gasteiger partial charge in [0.15, 0.2) is 5.17 Å². The van der Waals surface area contributed by atoms with Crippen molar-refractivity contribution in [3.05, 3.63) is 64.0 Å². The van der Waals surface area contributed by atoms with Crippen LogP contribution in [-0.4, -0.2) is 18.2 Å². The summed E-state index contributed by atoms with van der Waals surface area (Å²) in [7, 11) is 1.60. The number of aliphatic imine (C=N–C) groups is 1. The summed E-state index contributed by atoms with van der Waals surface area (Å²) in [6.07, 6.45) is 1.79. The van der Waals surface area contributed by atoms with Crippen molar-refractivity contribution in [2.75, 3.05) is 7.11 Å². The second kappa shape index (κ2) is 6.89. The van der Waals surface area contributed by atoms with E-state index in [-0.39, 0.29) is 5.91 Å². The van der Waals surface area contributed by atoms with E-state index in [4.69, 9.17) is 16.3 Å². The summed E-state index contributed by atoms with van der Waals surface area (Å²) in [6, 6.07) is 14.7. The summed E-state index contributed by atoms with van der Waals surface area (Å²) in [5.74, 6) is 0.537. The van der Waals surface area contributed by atoms with Gasteiger partial charge in [0.1, 0.15) is 5.75 Å². The van der Waals surface area contributed by atoms with E-state index in [0.717, 1.165) is 5.56 Å². The molecule has 0 saturated carbocycles. The molecular weight excluding hydrogens is 332 g/mol. The SMILES string of the molecule is COc1ccccc1/C=C1\SC(=Nc2cccc(Cl)c2)NC1=O. The summed E-state index contributed by atoms with van der Waals surface area (Å²) in [5, 5.41) is 3.88. The highest BCUT2D eigenvalue weighted by molar-refractivity contribution is 8.18. The van der Waals surface area contributed by atoms with E-state index in [2.05, 4.69) is 10.3 Å². The van der Waals surface area contributed by atoms with Gasteiger partial charge in [-0.3, -0.25) is 4.79 Å². The number of rotatable bonds is 3. The van der Waals surface area contributed by atoms with Gasteiger partial charge in [0.05, 0.1) is 17.7 Å². The molecule has 6 heteroatoms. The maximum absolute atomic E-state index is 12.1. The van der Waals surface area contributed by atoms with Crippen molar-refractivity contribution in [2.24, 2.45) is 4.99 Å². The van der Waals surface area contributed by atoms with E-state index in [1.165, 1.54) is 11.8 Å². The van der Waals surface area contributed by atoms with Crippen LogP contribution < -0.4 is 10.1 Å². The molecule has 1 fully saturated rings. The fourth-order valence-corrected chi connectivity index (χ4v) is 3.09. The highest BCUT2D eigenvalue weighted by Gasteiger charge is 2.24. The molecule has 3 rings (SSSR count). The van der Waals surface area contributed by atoms with Crippen LogP contribution in [0.3, 0.4) is 0 Å². The van der Waals surface area contributed by atoms with Crippen molar-refractivity contribution in [2.45, 2.75) is 0 Å². The minimum absolute atomic E-state index is 0.179. The van der Waals surface area contributed by atoms with Crippen LogP contribution in [0.1, 0.15) is 5.56 Å². The first-order valence-electron chi connectivity index (χ1n) is 6.84. The van der Waals surface area contributed by atoms with Gasteiger partial charge in [-0.25, -0.2) is 4.99 Å². The third kappa shape index (κ3) is 3.75. The first-order chi connectivity index (χ1) is 11.2. The van der Waals surface area contributed by atoms with E-state index in [1.807, 2.05) is 36.4 Å². The maximum Gasteiger partial charge on any atom is 0.264 e. The van der Waals surface area contributed by atoms with Crippen LogP contribution in [0.2, 0.25) is 5.02 Å². The van der Waals surface area contributed by atoms with Gasteiger partial charge in [0.2, 0.25) is 0 Å². The Bertz CT molecular complexity index is 818. The van der Waals surface area contributed by atoms with Gasteiger partial charge < -0.3 is 10.1 Å². The van der Waals surface area contributed by atoms with Gasteiger partial charge in [-0.1, -0.05) is 35.9 Å². The molecule has 1 aliphatic rings. The van der Waals surface area contributed by atoms with Gasteiger partial charge in [-0.2, -0.15) is 0 Å². The van der Waals surface area contributed by atoms with Crippen molar-refractivity contribution >= 4 is 46.2 Å². The number of thioether (sulfide) groups is 1. The zero-order valence-corrected chi connectivity index (χ0v) is 13.8. The van der Waals surface area contributed by atoms with Crippen LogP contribution >= 0.6 is 23.4 Å². The van der Waals surface area contributed by atoms with Crippen LogP contribution in [-0.2, 0) is 4.79 Å². The van der Waals surface area contributed by atoms with Crippen molar-refractivity contribution in [3.8, 4) is 5.75 Å². The molecule has 23 heavy (non-hydrogen) atoms. The molecule has 0 bridgehead atoms. The largest absolute Gasteiger partial charge is 0.496 e. The highest BCUT2D eigenvalue weighted by Crippen LogP contribution is 2.30. The molecule has 1 amide bonds. The molecule has 4 nitrogen and oxygen atoms in total. The molecule has 0 radical (unpaired) electrons. The number of nitrogens with zero attached hydrogens (tertiary/aromatic N) is 1. The molecule has 116 valence electrons. The molecule has 0 atom stereocenters. The van der Waals surface area contributed by atoms with Crippen LogP contribution in [0, 0.1) is 0 Å². The minimum Gasteiger partial charge on any atom is -0.496 e. The third-order valence-electron chi connectivity index (χ3n) is 3.12. The second-order valence-corrected chi connectivity index (χ2v) is 6.17. The van der Waals surface area contributed by atoms with Crippen LogP contribution in [0.4, 0.5) is 5.69 Å². The number of carbonyl (C=O) groups is 1. The lowest BCUT2D eigenvalue weighted by atomic mass is 10.2. The number of amidine groups is 1. The standard InChI is InChI=1S/C17H13ClN2O2S/c1-22-14-8-3-2-5-11(14)9-15-16(21)20-17(23-15)19-13-7-4-6-12(18)10-13/h2-10H,1H3,(H,19,20,21)/b15-9-. The number of benzene rings is 2. The van der Waals surface area contributed by atoms with Crippen LogP contribution in [0.25, 0.3) is 6.08 Å². The Hall–Kier alpha value is -2.24. The summed E-state index contributed by atoms with van der Waals surface area (Å²) in [5.41, 5.74) is 1.54. The Balaban J connectivity index is 1.86. The number of hydrogen-bond acceptors (Lipinski definition) is 4. The zero-order valence-electron chi connectivity index (χ0n) is 12.2. The fourth-order valence-electron chi connectivity index (χ4n) is 2.07. The monoisotopic (exact) mass is 344 g/mol. The average Bonchev–Trinajstić information content (AvgIpc) is 2.87. The van der Waals surface area contributed by atoms with Crippen molar-refractivity contribution in [3.63, 3.8) is 0 Å². The topological polar surface area (TPSA) is 50.7 Å². The first-order valence-corrected chi connectivity index (χ1v) is 8.03. The molecule has 1 N–H and O–H groups in total. The Kier molecular flexibility index (Phi) is 4.69. The van der Waals surface area contributed by atoms with E-state index in [9.17, 15) is 4.79 Å². The van der Waals surface area contributed by atoms with E-state index < -0.39 is 0 Å². The van der Waals surface area contributed by atoms with Crippen molar-refractivity contribution in [1.29, 1.82) is 0 Å². The Morgan fingerprint density at radius 3 is 2.83 bits per heavy atom. The number of hydrogen-bond donors (Lipinski definition) is 1. The van der Waals surface area contributed by atoms with Gasteiger partial charge >= 0.3 is 0 Å². The van der Waals surface area contributed by atoms with Crippen molar-refractivity contribution < 1.29 is 9.53 Å². The molecule has 2 aromatic rings. The van der Waals surface area contributed by atoms with Crippen molar-refractivity contribution in [1.82, 2.24) is 5.32 Å². The smallest absolute Gasteiger partial charge is 0.264 e. The lowest BCUT2D eigenvalue weighted by molar-refractivity contribution is -0.115.